The minimum absolute atomic E-state index is 0.00436. The Bertz CT molecular complexity index is 464. The number of aliphatic carboxylic acids is 1. The normalized spacial score (nSPS) is 21.6. The maximum atomic E-state index is 13.9. The van der Waals surface area contributed by atoms with E-state index < -0.39 is 5.97 Å². The zero-order valence-electron chi connectivity index (χ0n) is 11.9. The summed E-state index contributed by atoms with van der Waals surface area (Å²) in [5, 5.41) is 8.85. The lowest BCUT2D eigenvalue weighted by atomic mass is 9.94. The van der Waals surface area contributed by atoms with Crippen LogP contribution in [0, 0.1) is 5.82 Å². The van der Waals surface area contributed by atoms with Crippen LogP contribution in [0.5, 0.6) is 0 Å². The van der Waals surface area contributed by atoms with E-state index in [1.54, 1.807) is 6.07 Å². The molecule has 1 aliphatic heterocycles. The molecule has 1 fully saturated rings. The second kappa shape index (κ2) is 6.84. The summed E-state index contributed by atoms with van der Waals surface area (Å²) < 4.78 is 13.9. The number of carbonyl (C=O) groups is 1. The van der Waals surface area contributed by atoms with Gasteiger partial charge in [-0.15, -0.1) is 0 Å². The minimum atomic E-state index is -0.755. The van der Waals surface area contributed by atoms with Gasteiger partial charge in [-0.25, -0.2) is 4.39 Å². The van der Waals surface area contributed by atoms with E-state index >= 15 is 0 Å². The Labute approximate surface area is 119 Å². The summed E-state index contributed by atoms with van der Waals surface area (Å²) in [5.74, 6) is -0.934. The van der Waals surface area contributed by atoms with Crippen molar-refractivity contribution in [2.24, 2.45) is 0 Å². The summed E-state index contributed by atoms with van der Waals surface area (Å²) in [7, 11) is 0. The average Bonchev–Trinajstić information content (AvgIpc) is 2.45. The van der Waals surface area contributed by atoms with Crippen LogP contribution in [0.1, 0.15) is 50.6 Å². The van der Waals surface area contributed by atoms with Gasteiger partial charge < -0.3 is 5.11 Å². The SMILES string of the molecule is CC(c1ccccc1F)N1CCCCC1CCC(=O)O. The molecule has 1 N–H and O–H groups in total. The highest BCUT2D eigenvalue weighted by Gasteiger charge is 2.28. The van der Waals surface area contributed by atoms with E-state index in [2.05, 4.69) is 4.90 Å². The number of nitrogens with zero attached hydrogens (tertiary/aromatic N) is 1. The second-order valence-electron chi connectivity index (χ2n) is 5.52. The number of hydrogen-bond acceptors (Lipinski definition) is 2. The lowest BCUT2D eigenvalue weighted by Crippen LogP contribution is -2.41. The van der Waals surface area contributed by atoms with Crippen LogP contribution in [-0.2, 0) is 4.79 Å². The van der Waals surface area contributed by atoms with E-state index in [0.717, 1.165) is 25.8 Å². The third-order valence-electron chi connectivity index (χ3n) is 4.22. The molecule has 1 heterocycles. The summed E-state index contributed by atoms with van der Waals surface area (Å²) in [6, 6.07) is 7.10. The van der Waals surface area contributed by atoms with Crippen molar-refractivity contribution in [2.75, 3.05) is 6.54 Å². The number of carboxylic acids is 1. The van der Waals surface area contributed by atoms with Crippen molar-refractivity contribution >= 4 is 5.97 Å². The van der Waals surface area contributed by atoms with Crippen LogP contribution in [0.2, 0.25) is 0 Å². The molecule has 0 amide bonds. The van der Waals surface area contributed by atoms with Crippen LogP contribution in [0.25, 0.3) is 0 Å². The van der Waals surface area contributed by atoms with Gasteiger partial charge in [-0.1, -0.05) is 24.6 Å². The number of piperidine rings is 1. The molecular weight excluding hydrogens is 257 g/mol. The van der Waals surface area contributed by atoms with Crippen molar-refractivity contribution in [2.45, 2.75) is 51.1 Å². The smallest absolute Gasteiger partial charge is 0.303 e. The van der Waals surface area contributed by atoms with Gasteiger partial charge in [0, 0.05) is 24.1 Å². The molecule has 0 saturated carbocycles. The van der Waals surface area contributed by atoms with Gasteiger partial charge in [-0.05, 0) is 38.8 Å². The highest BCUT2D eigenvalue weighted by Crippen LogP contribution is 2.31. The number of carboxylic acid groups (broad SMARTS) is 1. The van der Waals surface area contributed by atoms with E-state index in [-0.39, 0.29) is 24.3 Å². The molecule has 110 valence electrons. The Morgan fingerprint density at radius 3 is 2.90 bits per heavy atom. The number of likely N-dealkylation sites (tertiary alicyclic amines) is 1. The lowest BCUT2D eigenvalue weighted by Gasteiger charge is -2.40. The van der Waals surface area contributed by atoms with Gasteiger partial charge in [-0.2, -0.15) is 0 Å². The third-order valence-corrected chi connectivity index (χ3v) is 4.22. The van der Waals surface area contributed by atoms with Gasteiger partial charge in [0.1, 0.15) is 5.82 Å². The highest BCUT2D eigenvalue weighted by molar-refractivity contribution is 5.66. The Morgan fingerprint density at radius 2 is 2.20 bits per heavy atom. The fourth-order valence-corrected chi connectivity index (χ4v) is 3.13. The molecule has 0 bridgehead atoms. The second-order valence-corrected chi connectivity index (χ2v) is 5.52. The van der Waals surface area contributed by atoms with Crippen molar-refractivity contribution in [3.63, 3.8) is 0 Å². The van der Waals surface area contributed by atoms with Crippen molar-refractivity contribution in [3.05, 3.63) is 35.6 Å². The zero-order valence-corrected chi connectivity index (χ0v) is 11.9. The van der Waals surface area contributed by atoms with Crippen LogP contribution in [-0.4, -0.2) is 28.6 Å². The average molecular weight is 279 g/mol. The molecule has 4 heteroatoms. The molecule has 0 spiro atoms. The van der Waals surface area contributed by atoms with E-state index in [9.17, 15) is 9.18 Å². The van der Waals surface area contributed by atoms with E-state index in [1.165, 1.54) is 6.07 Å². The zero-order chi connectivity index (χ0) is 14.5. The maximum Gasteiger partial charge on any atom is 0.303 e. The first-order chi connectivity index (χ1) is 9.59. The molecule has 0 aliphatic carbocycles. The van der Waals surface area contributed by atoms with Crippen LogP contribution < -0.4 is 0 Å². The lowest BCUT2D eigenvalue weighted by molar-refractivity contribution is -0.137. The largest absolute Gasteiger partial charge is 0.481 e. The van der Waals surface area contributed by atoms with Gasteiger partial charge in [0.25, 0.3) is 0 Å². The third kappa shape index (κ3) is 3.57. The van der Waals surface area contributed by atoms with Crippen LogP contribution in [0.15, 0.2) is 24.3 Å². The molecule has 1 aromatic rings. The Kier molecular flexibility index (Phi) is 5.12. The van der Waals surface area contributed by atoms with Crippen LogP contribution in [0.3, 0.4) is 0 Å². The topological polar surface area (TPSA) is 40.5 Å². The predicted octanol–water partition coefficient (Wildman–Crippen LogP) is 3.61. The first kappa shape index (κ1) is 15.0. The Morgan fingerprint density at radius 1 is 1.45 bits per heavy atom. The standard InChI is InChI=1S/C16H22FNO2/c1-12(14-7-2-3-8-15(14)17)18-11-5-4-6-13(18)9-10-16(19)20/h2-3,7-8,12-13H,4-6,9-11H2,1H3,(H,19,20). The van der Waals surface area contributed by atoms with Crippen LogP contribution in [0.4, 0.5) is 4.39 Å². The van der Waals surface area contributed by atoms with Gasteiger partial charge in [-0.3, -0.25) is 9.69 Å². The Balaban J connectivity index is 2.10. The Hall–Kier alpha value is -1.42. The minimum Gasteiger partial charge on any atom is -0.481 e. The monoisotopic (exact) mass is 279 g/mol. The van der Waals surface area contributed by atoms with Gasteiger partial charge >= 0.3 is 5.97 Å². The van der Waals surface area contributed by atoms with Gasteiger partial charge in [0.15, 0.2) is 0 Å². The molecule has 2 atom stereocenters. The van der Waals surface area contributed by atoms with Gasteiger partial charge in [0.2, 0.25) is 0 Å². The van der Waals surface area contributed by atoms with Crippen molar-refractivity contribution in [3.8, 4) is 0 Å². The molecule has 0 radical (unpaired) electrons. The van der Waals surface area contributed by atoms with Gasteiger partial charge in [0.05, 0.1) is 0 Å². The summed E-state index contributed by atoms with van der Waals surface area (Å²) in [6.07, 6.45) is 4.07. The molecular formula is C16H22FNO2. The number of halogens is 1. The van der Waals surface area contributed by atoms with E-state index in [1.807, 2.05) is 19.1 Å². The fourth-order valence-electron chi connectivity index (χ4n) is 3.13. The molecule has 1 aliphatic rings. The molecule has 1 aromatic carbocycles. The highest BCUT2D eigenvalue weighted by atomic mass is 19.1. The first-order valence-electron chi connectivity index (χ1n) is 7.31. The number of rotatable bonds is 5. The van der Waals surface area contributed by atoms with E-state index in [4.69, 9.17) is 5.11 Å². The molecule has 0 aromatic heterocycles. The molecule has 1 saturated heterocycles. The quantitative estimate of drug-likeness (QED) is 0.895. The number of benzene rings is 1. The summed E-state index contributed by atoms with van der Waals surface area (Å²) in [4.78, 5) is 13.0. The molecule has 2 rings (SSSR count). The predicted molar refractivity (Wildman–Crippen MR) is 76.0 cm³/mol. The molecule has 3 nitrogen and oxygen atoms in total. The van der Waals surface area contributed by atoms with Crippen molar-refractivity contribution in [1.82, 2.24) is 4.90 Å². The summed E-state index contributed by atoms with van der Waals surface area (Å²) >= 11 is 0. The number of hydrogen-bond donors (Lipinski definition) is 1. The first-order valence-corrected chi connectivity index (χ1v) is 7.31. The van der Waals surface area contributed by atoms with E-state index in [0.29, 0.717) is 12.0 Å². The van der Waals surface area contributed by atoms with Crippen molar-refractivity contribution < 1.29 is 14.3 Å². The molecule has 20 heavy (non-hydrogen) atoms. The summed E-state index contributed by atoms with van der Waals surface area (Å²) in [6.45, 7) is 2.93. The molecule has 2 unspecified atom stereocenters. The van der Waals surface area contributed by atoms with Crippen molar-refractivity contribution in [1.29, 1.82) is 0 Å². The maximum absolute atomic E-state index is 13.9. The van der Waals surface area contributed by atoms with Crippen LogP contribution >= 0.6 is 0 Å². The fraction of sp³-hybridized carbons (Fsp3) is 0.562. The summed E-state index contributed by atoms with van der Waals surface area (Å²) in [5.41, 5.74) is 0.703.